The first kappa shape index (κ1) is 16.9. The second-order valence-corrected chi connectivity index (χ2v) is 5.04. The average molecular weight is 358 g/mol. The maximum Gasteiger partial charge on any atom is 0.417 e. The van der Waals surface area contributed by atoms with E-state index < -0.39 is 23.5 Å². The van der Waals surface area contributed by atoms with Gasteiger partial charge in [-0.05, 0) is 30.3 Å². The first-order valence-electron chi connectivity index (χ1n) is 6.77. The van der Waals surface area contributed by atoms with Crippen LogP contribution in [0.2, 0.25) is 0 Å². The largest absolute Gasteiger partial charge is 0.417 e. The molecule has 4 nitrogen and oxygen atoms in total. The van der Waals surface area contributed by atoms with Crippen LogP contribution in [0.15, 0.2) is 42.7 Å². The van der Waals surface area contributed by atoms with Crippen LogP contribution in [0.3, 0.4) is 0 Å². The van der Waals surface area contributed by atoms with E-state index in [2.05, 4.69) is 20.5 Å². The molecular weight excluding hydrogens is 350 g/mol. The van der Waals surface area contributed by atoms with Crippen LogP contribution in [-0.4, -0.2) is 15.2 Å². The summed E-state index contributed by atoms with van der Waals surface area (Å²) in [6, 6.07) is 4.88. The molecule has 0 atom stereocenters. The van der Waals surface area contributed by atoms with Crippen LogP contribution in [0.25, 0.3) is 10.9 Å². The van der Waals surface area contributed by atoms with Crippen molar-refractivity contribution >= 4 is 22.4 Å². The number of hydrogen-bond acceptors (Lipinski definition) is 4. The molecule has 0 fully saturated rings. The lowest BCUT2D eigenvalue weighted by Crippen LogP contribution is -2.06. The molecule has 2 heterocycles. The molecule has 0 aliphatic rings. The van der Waals surface area contributed by atoms with Crippen molar-refractivity contribution in [3.63, 3.8) is 0 Å². The zero-order valence-electron chi connectivity index (χ0n) is 12.2. The molecule has 2 aromatic heterocycles. The van der Waals surface area contributed by atoms with Crippen LogP contribution in [-0.2, 0) is 12.4 Å². The molecule has 0 unspecified atom stereocenters. The number of anilines is 2. The second kappa shape index (κ2) is 5.87. The summed E-state index contributed by atoms with van der Waals surface area (Å²) in [6.45, 7) is 0. The molecule has 25 heavy (non-hydrogen) atoms. The van der Waals surface area contributed by atoms with E-state index in [4.69, 9.17) is 0 Å². The molecule has 0 aliphatic carbocycles. The van der Waals surface area contributed by atoms with Gasteiger partial charge in [-0.2, -0.15) is 36.5 Å². The molecule has 0 radical (unpaired) electrons. The van der Waals surface area contributed by atoms with Gasteiger partial charge in [-0.15, -0.1) is 0 Å². The first-order valence-corrected chi connectivity index (χ1v) is 6.77. The zero-order valence-corrected chi connectivity index (χ0v) is 12.2. The number of rotatable bonds is 2. The number of aromatic nitrogens is 3. The van der Waals surface area contributed by atoms with E-state index in [-0.39, 0.29) is 17.0 Å². The fraction of sp³-hybridized carbons (Fsp3) is 0.133. The predicted molar refractivity (Wildman–Crippen MR) is 77.1 cm³/mol. The molecule has 0 spiro atoms. The molecule has 0 amide bonds. The van der Waals surface area contributed by atoms with Crippen LogP contribution in [0.5, 0.6) is 0 Å². The number of benzene rings is 1. The summed E-state index contributed by atoms with van der Waals surface area (Å²) in [5.41, 5.74) is -1.53. The van der Waals surface area contributed by atoms with Gasteiger partial charge < -0.3 is 5.32 Å². The van der Waals surface area contributed by atoms with Gasteiger partial charge in [0.05, 0.1) is 28.5 Å². The predicted octanol–water partition coefficient (Wildman–Crippen LogP) is 4.81. The molecule has 3 rings (SSSR count). The highest BCUT2D eigenvalue weighted by molar-refractivity contribution is 5.92. The average Bonchev–Trinajstić information content (AvgIpc) is 2.53. The SMILES string of the molecule is FC(F)(F)c1ccc(Nc2cnnc3cc(C(F)(F)F)ccc23)nc1. The lowest BCUT2D eigenvalue weighted by molar-refractivity contribution is -0.138. The Bertz CT molecular complexity index is 903. The molecule has 10 heteroatoms. The van der Waals surface area contributed by atoms with Gasteiger partial charge in [0.1, 0.15) is 5.82 Å². The molecule has 0 saturated heterocycles. The fourth-order valence-electron chi connectivity index (χ4n) is 2.11. The minimum Gasteiger partial charge on any atom is -0.338 e. The van der Waals surface area contributed by atoms with E-state index in [9.17, 15) is 26.3 Å². The number of nitrogens with zero attached hydrogens (tertiary/aromatic N) is 3. The highest BCUT2D eigenvalue weighted by Gasteiger charge is 2.31. The van der Waals surface area contributed by atoms with E-state index in [1.807, 2.05) is 0 Å². The van der Waals surface area contributed by atoms with E-state index >= 15 is 0 Å². The van der Waals surface area contributed by atoms with Crippen molar-refractivity contribution in [3.8, 4) is 0 Å². The van der Waals surface area contributed by atoms with Gasteiger partial charge in [0.25, 0.3) is 0 Å². The van der Waals surface area contributed by atoms with Crippen LogP contribution < -0.4 is 5.32 Å². The Kier molecular flexibility index (Phi) is 3.97. The third-order valence-electron chi connectivity index (χ3n) is 3.32. The fourth-order valence-corrected chi connectivity index (χ4v) is 2.11. The lowest BCUT2D eigenvalue weighted by Gasteiger charge is -2.11. The number of hydrogen-bond donors (Lipinski definition) is 1. The van der Waals surface area contributed by atoms with Crippen molar-refractivity contribution in [1.29, 1.82) is 0 Å². The summed E-state index contributed by atoms with van der Waals surface area (Å²) < 4.78 is 75.7. The monoisotopic (exact) mass is 358 g/mol. The minimum absolute atomic E-state index is 0.00765. The molecule has 0 aliphatic heterocycles. The van der Waals surface area contributed by atoms with E-state index in [0.717, 1.165) is 24.3 Å². The summed E-state index contributed by atoms with van der Waals surface area (Å²) in [7, 11) is 0. The number of halogens is 6. The van der Waals surface area contributed by atoms with Gasteiger partial charge >= 0.3 is 12.4 Å². The van der Waals surface area contributed by atoms with Gasteiger partial charge in [0.2, 0.25) is 0 Å². The standard InChI is InChI=1S/C15H8F6N4/c16-14(17,18)8-1-3-10-11(5-8)25-23-7-12(10)24-13-4-2-9(6-22-13)15(19,20)21/h1-7H,(H,22,24,25). The van der Waals surface area contributed by atoms with E-state index in [1.165, 1.54) is 12.3 Å². The van der Waals surface area contributed by atoms with Crippen molar-refractivity contribution in [3.05, 3.63) is 53.9 Å². The third-order valence-corrected chi connectivity index (χ3v) is 3.32. The highest BCUT2D eigenvalue weighted by Crippen LogP contribution is 2.33. The van der Waals surface area contributed by atoms with Gasteiger partial charge in [-0.1, -0.05) is 0 Å². The third kappa shape index (κ3) is 3.62. The molecule has 1 aromatic carbocycles. The normalized spacial score (nSPS) is 12.4. The quantitative estimate of drug-likeness (QED) is 0.668. The van der Waals surface area contributed by atoms with Crippen molar-refractivity contribution in [2.24, 2.45) is 0 Å². The Balaban J connectivity index is 1.94. The topological polar surface area (TPSA) is 50.7 Å². The van der Waals surface area contributed by atoms with Gasteiger partial charge in [-0.3, -0.25) is 0 Å². The number of fused-ring (bicyclic) bond motifs is 1. The molecule has 130 valence electrons. The number of alkyl halides is 6. The van der Waals surface area contributed by atoms with E-state index in [0.29, 0.717) is 11.6 Å². The van der Waals surface area contributed by atoms with Crippen LogP contribution in [0.1, 0.15) is 11.1 Å². The Hall–Kier alpha value is -2.91. The summed E-state index contributed by atoms with van der Waals surface area (Å²) in [4.78, 5) is 3.64. The van der Waals surface area contributed by atoms with Crippen molar-refractivity contribution in [2.75, 3.05) is 5.32 Å². The zero-order chi connectivity index (χ0) is 18.2. The Morgan fingerprint density at radius 2 is 1.48 bits per heavy atom. The summed E-state index contributed by atoms with van der Waals surface area (Å²) in [5, 5.41) is 10.3. The lowest BCUT2D eigenvalue weighted by atomic mass is 10.1. The maximum absolute atomic E-state index is 12.7. The first-order chi connectivity index (χ1) is 11.6. The Morgan fingerprint density at radius 1 is 0.800 bits per heavy atom. The number of nitrogens with one attached hydrogen (secondary N) is 1. The van der Waals surface area contributed by atoms with Crippen LogP contribution >= 0.6 is 0 Å². The van der Waals surface area contributed by atoms with E-state index in [1.54, 1.807) is 0 Å². The molecule has 1 N–H and O–H groups in total. The summed E-state index contributed by atoms with van der Waals surface area (Å²) >= 11 is 0. The molecule has 0 bridgehead atoms. The van der Waals surface area contributed by atoms with Crippen LogP contribution in [0, 0.1) is 0 Å². The van der Waals surface area contributed by atoms with Gasteiger partial charge in [0.15, 0.2) is 0 Å². The summed E-state index contributed by atoms with van der Waals surface area (Å²) in [5.74, 6) is 0.0854. The van der Waals surface area contributed by atoms with Crippen molar-refractivity contribution in [1.82, 2.24) is 15.2 Å². The van der Waals surface area contributed by atoms with Crippen LogP contribution in [0.4, 0.5) is 37.8 Å². The second-order valence-electron chi connectivity index (χ2n) is 5.04. The Labute approximate surface area is 136 Å². The number of pyridine rings is 1. The maximum atomic E-state index is 12.7. The smallest absolute Gasteiger partial charge is 0.338 e. The molecule has 3 aromatic rings. The molecule has 0 saturated carbocycles. The van der Waals surface area contributed by atoms with Gasteiger partial charge in [-0.25, -0.2) is 4.98 Å². The van der Waals surface area contributed by atoms with Crippen molar-refractivity contribution in [2.45, 2.75) is 12.4 Å². The summed E-state index contributed by atoms with van der Waals surface area (Å²) in [6.07, 6.45) is -7.13. The van der Waals surface area contributed by atoms with Crippen molar-refractivity contribution < 1.29 is 26.3 Å². The molecular formula is C15H8F6N4. The van der Waals surface area contributed by atoms with Gasteiger partial charge in [0, 0.05) is 11.6 Å². The minimum atomic E-state index is -4.52. The highest BCUT2D eigenvalue weighted by atomic mass is 19.4. The Morgan fingerprint density at radius 3 is 2.08 bits per heavy atom.